The minimum Gasteiger partial charge on any atom is -0.378 e. The highest BCUT2D eigenvalue weighted by atomic mass is 19.1. The minimum atomic E-state index is -0.493. The summed E-state index contributed by atoms with van der Waals surface area (Å²) in [6.45, 7) is 5.46. The number of aromatic nitrogens is 1. The lowest BCUT2D eigenvalue weighted by atomic mass is 9.90. The number of carbonyl (C=O) groups excluding carboxylic acids is 1. The number of likely N-dealkylation sites (tertiary alicyclic amines) is 1. The zero-order chi connectivity index (χ0) is 23.0. The van der Waals surface area contributed by atoms with Crippen LogP contribution in [0.1, 0.15) is 56.2 Å². The average Bonchev–Trinajstić information content (AvgIpc) is 2.83. The number of hydrogen-bond donors (Lipinski definition) is 2. The molecule has 1 aromatic heterocycles. The highest BCUT2D eigenvalue weighted by molar-refractivity contribution is 5.99. The van der Waals surface area contributed by atoms with Gasteiger partial charge in [0.25, 0.3) is 0 Å². The van der Waals surface area contributed by atoms with Gasteiger partial charge in [-0.3, -0.25) is 9.88 Å². The zero-order valence-corrected chi connectivity index (χ0v) is 19.5. The van der Waals surface area contributed by atoms with Crippen molar-refractivity contribution in [3.8, 4) is 0 Å². The summed E-state index contributed by atoms with van der Waals surface area (Å²) in [7, 11) is 0. The van der Waals surface area contributed by atoms with E-state index in [4.69, 9.17) is 4.74 Å². The van der Waals surface area contributed by atoms with Crippen LogP contribution in [0, 0.1) is 18.7 Å². The molecule has 1 aliphatic carbocycles. The Morgan fingerprint density at radius 1 is 1.09 bits per heavy atom. The van der Waals surface area contributed by atoms with Gasteiger partial charge in [0, 0.05) is 31.9 Å². The first-order valence-corrected chi connectivity index (χ1v) is 12.2. The molecule has 0 atom stereocenters. The second kappa shape index (κ2) is 11.6. The summed E-state index contributed by atoms with van der Waals surface area (Å²) in [5.74, 6) is 0.298. The van der Waals surface area contributed by atoms with Crippen LogP contribution >= 0.6 is 0 Å². The van der Waals surface area contributed by atoms with E-state index in [1.54, 1.807) is 30.5 Å². The molecular formula is C26H35FN4O2. The lowest BCUT2D eigenvalue weighted by Gasteiger charge is -2.33. The molecule has 178 valence electrons. The van der Waals surface area contributed by atoms with E-state index < -0.39 is 11.8 Å². The van der Waals surface area contributed by atoms with Crippen LogP contribution in [0.3, 0.4) is 0 Å². The molecule has 33 heavy (non-hydrogen) atoms. The molecule has 2 aliphatic rings. The van der Waals surface area contributed by atoms with Gasteiger partial charge in [0.2, 0.25) is 0 Å². The van der Waals surface area contributed by atoms with Gasteiger partial charge in [-0.05, 0) is 68.4 Å². The first kappa shape index (κ1) is 23.6. The number of urea groups is 1. The number of halogens is 1. The molecule has 1 aromatic carbocycles. The highest BCUT2D eigenvalue weighted by Gasteiger charge is 2.22. The van der Waals surface area contributed by atoms with Crippen LogP contribution in [-0.2, 0) is 11.3 Å². The average molecular weight is 455 g/mol. The molecule has 2 N–H and O–H groups in total. The van der Waals surface area contributed by atoms with Crippen molar-refractivity contribution < 1.29 is 13.9 Å². The normalized spacial score (nSPS) is 18.2. The van der Waals surface area contributed by atoms with Gasteiger partial charge < -0.3 is 15.4 Å². The highest BCUT2D eigenvalue weighted by Crippen LogP contribution is 2.26. The van der Waals surface area contributed by atoms with Crippen molar-refractivity contribution in [3.63, 3.8) is 0 Å². The molecule has 6 nitrogen and oxygen atoms in total. The molecule has 0 radical (unpaired) electrons. The second-order valence-corrected chi connectivity index (χ2v) is 9.39. The van der Waals surface area contributed by atoms with Crippen molar-refractivity contribution in [3.05, 3.63) is 53.6 Å². The predicted molar refractivity (Wildman–Crippen MR) is 129 cm³/mol. The number of amides is 2. The van der Waals surface area contributed by atoms with Gasteiger partial charge in [0.1, 0.15) is 5.82 Å². The third kappa shape index (κ3) is 7.24. The third-order valence-electron chi connectivity index (χ3n) is 6.68. The number of piperidine rings is 1. The van der Waals surface area contributed by atoms with E-state index in [0.717, 1.165) is 56.3 Å². The third-order valence-corrected chi connectivity index (χ3v) is 6.68. The SMILES string of the molecule is Cc1ccc(NC(=O)Nc2cc(CN3CCC(OCC4CCCCC4)CC3)ccc2F)cn1. The first-order valence-electron chi connectivity index (χ1n) is 12.2. The molecule has 1 saturated heterocycles. The van der Waals surface area contributed by atoms with Gasteiger partial charge in [-0.25, -0.2) is 9.18 Å². The Morgan fingerprint density at radius 3 is 2.61 bits per heavy atom. The summed E-state index contributed by atoms with van der Waals surface area (Å²) in [6.07, 6.45) is 10.7. The summed E-state index contributed by atoms with van der Waals surface area (Å²) in [5.41, 5.74) is 2.57. The van der Waals surface area contributed by atoms with Crippen LogP contribution in [0.5, 0.6) is 0 Å². The number of pyridine rings is 1. The number of carbonyl (C=O) groups is 1. The van der Waals surface area contributed by atoms with Crippen LogP contribution < -0.4 is 10.6 Å². The molecular weight excluding hydrogens is 419 g/mol. The van der Waals surface area contributed by atoms with Crippen LogP contribution in [0.25, 0.3) is 0 Å². The Bertz CT molecular complexity index is 907. The van der Waals surface area contributed by atoms with Crippen LogP contribution in [0.15, 0.2) is 36.5 Å². The topological polar surface area (TPSA) is 66.5 Å². The van der Waals surface area contributed by atoms with Gasteiger partial charge >= 0.3 is 6.03 Å². The van der Waals surface area contributed by atoms with Gasteiger partial charge in [-0.1, -0.05) is 25.3 Å². The Labute approximate surface area is 195 Å². The maximum Gasteiger partial charge on any atom is 0.323 e. The largest absolute Gasteiger partial charge is 0.378 e. The van der Waals surface area contributed by atoms with Gasteiger partial charge in [-0.2, -0.15) is 0 Å². The fourth-order valence-corrected chi connectivity index (χ4v) is 4.71. The Hall–Kier alpha value is -2.51. The monoisotopic (exact) mass is 454 g/mol. The fourth-order valence-electron chi connectivity index (χ4n) is 4.71. The number of hydrogen-bond acceptors (Lipinski definition) is 4. The number of rotatable bonds is 7. The molecule has 0 unspecified atom stereocenters. The molecule has 2 aromatic rings. The predicted octanol–water partition coefficient (Wildman–Crippen LogP) is 5.73. The molecule has 1 saturated carbocycles. The van der Waals surface area contributed by atoms with Crippen LogP contribution in [0.2, 0.25) is 0 Å². The first-order chi connectivity index (χ1) is 16.0. The summed E-state index contributed by atoms with van der Waals surface area (Å²) >= 11 is 0. The minimum absolute atomic E-state index is 0.177. The molecule has 0 bridgehead atoms. The van der Waals surface area contributed by atoms with E-state index in [1.165, 1.54) is 38.2 Å². The molecule has 2 fully saturated rings. The van der Waals surface area contributed by atoms with E-state index in [0.29, 0.717) is 11.8 Å². The molecule has 4 rings (SSSR count). The lowest BCUT2D eigenvalue weighted by molar-refractivity contribution is -0.0157. The van der Waals surface area contributed by atoms with E-state index in [2.05, 4.69) is 20.5 Å². The number of benzene rings is 1. The summed E-state index contributed by atoms with van der Waals surface area (Å²) in [4.78, 5) is 18.8. The maximum atomic E-state index is 14.3. The molecule has 2 amide bonds. The summed E-state index contributed by atoms with van der Waals surface area (Å²) in [5, 5.41) is 5.30. The van der Waals surface area contributed by atoms with E-state index in [1.807, 2.05) is 6.92 Å². The van der Waals surface area contributed by atoms with Crippen molar-refractivity contribution >= 4 is 17.4 Å². The number of ether oxygens (including phenoxy) is 1. The van der Waals surface area contributed by atoms with E-state index in [9.17, 15) is 9.18 Å². The standard InChI is InChI=1S/C26H35FN4O2/c1-19-7-9-22(16-28-19)29-26(32)30-25-15-21(8-10-24(25)27)17-31-13-11-23(12-14-31)33-18-20-5-3-2-4-6-20/h7-10,15-16,20,23H,2-6,11-14,17-18H2,1H3,(H2,29,30,32). The Balaban J connectivity index is 1.24. The smallest absolute Gasteiger partial charge is 0.323 e. The lowest BCUT2D eigenvalue weighted by Crippen LogP contribution is -2.37. The summed E-state index contributed by atoms with van der Waals surface area (Å²) < 4.78 is 20.5. The number of nitrogens with one attached hydrogen (secondary N) is 2. The van der Waals surface area contributed by atoms with E-state index in [-0.39, 0.29) is 5.69 Å². The molecule has 1 aliphatic heterocycles. The van der Waals surface area contributed by atoms with Gasteiger partial charge in [0.05, 0.1) is 23.7 Å². The number of anilines is 2. The van der Waals surface area contributed by atoms with Crippen LogP contribution in [-0.4, -0.2) is 41.7 Å². The number of aryl methyl sites for hydroxylation is 1. The van der Waals surface area contributed by atoms with Crippen molar-refractivity contribution in [2.24, 2.45) is 5.92 Å². The summed E-state index contributed by atoms with van der Waals surface area (Å²) in [6, 6.07) is 7.99. The number of nitrogens with zero attached hydrogens (tertiary/aromatic N) is 2. The fraction of sp³-hybridized carbons (Fsp3) is 0.538. The van der Waals surface area contributed by atoms with Crippen molar-refractivity contribution in [2.75, 3.05) is 30.3 Å². The second-order valence-electron chi connectivity index (χ2n) is 9.39. The van der Waals surface area contributed by atoms with Crippen molar-refractivity contribution in [1.29, 1.82) is 0 Å². The Morgan fingerprint density at radius 2 is 1.88 bits per heavy atom. The maximum absolute atomic E-state index is 14.3. The molecule has 0 spiro atoms. The quantitative estimate of drug-likeness (QED) is 0.560. The van der Waals surface area contributed by atoms with E-state index >= 15 is 0 Å². The van der Waals surface area contributed by atoms with Gasteiger partial charge in [0.15, 0.2) is 0 Å². The Kier molecular flexibility index (Phi) is 8.29. The zero-order valence-electron chi connectivity index (χ0n) is 19.5. The van der Waals surface area contributed by atoms with Crippen molar-refractivity contribution in [1.82, 2.24) is 9.88 Å². The van der Waals surface area contributed by atoms with Crippen molar-refractivity contribution in [2.45, 2.75) is 64.5 Å². The molecule has 2 heterocycles. The van der Waals surface area contributed by atoms with Crippen LogP contribution in [0.4, 0.5) is 20.6 Å². The molecule has 7 heteroatoms. The van der Waals surface area contributed by atoms with Gasteiger partial charge in [-0.15, -0.1) is 0 Å².